The van der Waals surface area contributed by atoms with Gasteiger partial charge in [0.2, 0.25) is 5.96 Å². The lowest BCUT2D eigenvalue weighted by Crippen LogP contribution is -2.61. The van der Waals surface area contributed by atoms with Gasteiger partial charge >= 0.3 is 6.03 Å². The summed E-state index contributed by atoms with van der Waals surface area (Å²) in [7, 11) is 0. The van der Waals surface area contributed by atoms with Crippen LogP contribution in [0.2, 0.25) is 0 Å². The molecule has 2 aliphatic heterocycles. The lowest BCUT2D eigenvalue weighted by Gasteiger charge is -2.44. The number of amides is 2. The number of nitriles is 1. The smallest absolute Gasteiger partial charge is 0.318 e. The Morgan fingerprint density at radius 1 is 1.09 bits per heavy atom. The van der Waals surface area contributed by atoms with Crippen molar-refractivity contribution < 1.29 is 4.79 Å². The lowest BCUT2D eigenvalue weighted by atomic mass is 9.87. The van der Waals surface area contributed by atoms with Crippen LogP contribution in [0.25, 0.3) is 0 Å². The first-order chi connectivity index (χ1) is 16.9. The molecule has 3 fully saturated rings. The van der Waals surface area contributed by atoms with E-state index in [-0.39, 0.29) is 18.1 Å². The highest BCUT2D eigenvalue weighted by Crippen LogP contribution is 2.27. The fourth-order valence-corrected chi connectivity index (χ4v) is 5.96. The molecule has 2 amide bonds. The summed E-state index contributed by atoms with van der Waals surface area (Å²) in [5.41, 5.74) is 0.514. The van der Waals surface area contributed by atoms with Crippen molar-refractivity contribution in [3.8, 4) is 6.07 Å². The maximum Gasteiger partial charge on any atom is 0.318 e. The van der Waals surface area contributed by atoms with Crippen LogP contribution in [-0.4, -0.2) is 84.8 Å². The molecular weight excluding hydrogens is 438 g/mol. The minimum Gasteiger partial charge on any atom is -0.338 e. The van der Waals surface area contributed by atoms with Gasteiger partial charge in [-0.2, -0.15) is 5.26 Å². The number of guanidine groups is 1. The van der Waals surface area contributed by atoms with Crippen molar-refractivity contribution >= 4 is 18.7 Å². The highest BCUT2D eigenvalue weighted by atomic mass is 16.2. The van der Waals surface area contributed by atoms with Crippen molar-refractivity contribution in [3.05, 3.63) is 11.8 Å². The summed E-state index contributed by atoms with van der Waals surface area (Å²) >= 11 is 0. The highest BCUT2D eigenvalue weighted by Gasteiger charge is 2.34. The van der Waals surface area contributed by atoms with Crippen molar-refractivity contribution in [3.63, 3.8) is 0 Å². The maximum atomic E-state index is 13.0. The van der Waals surface area contributed by atoms with Gasteiger partial charge < -0.3 is 20.0 Å². The van der Waals surface area contributed by atoms with E-state index in [4.69, 9.17) is 5.26 Å². The van der Waals surface area contributed by atoms with E-state index in [1.165, 1.54) is 70.8 Å². The molecule has 1 saturated carbocycles. The Kier molecular flexibility index (Phi) is 10.6. The molecule has 0 aromatic rings. The number of carbonyl (C=O) groups excluding carboxylic acids is 1. The average Bonchev–Trinajstić information content (AvgIpc) is 2.85. The molecule has 0 aromatic heterocycles. The Morgan fingerprint density at radius 3 is 2.34 bits per heavy atom. The van der Waals surface area contributed by atoms with Crippen molar-refractivity contribution in [2.24, 2.45) is 21.8 Å². The minimum atomic E-state index is 0.0182. The first-order valence-corrected chi connectivity index (χ1v) is 13.6. The first kappa shape index (κ1) is 27.2. The van der Waals surface area contributed by atoms with Crippen LogP contribution in [-0.2, 0) is 0 Å². The van der Waals surface area contributed by atoms with Gasteiger partial charge in [0.25, 0.3) is 0 Å². The van der Waals surface area contributed by atoms with Crippen molar-refractivity contribution in [2.45, 2.75) is 84.2 Å². The third-order valence-corrected chi connectivity index (χ3v) is 7.90. The zero-order valence-corrected chi connectivity index (χ0v) is 22.1. The SMILES string of the molecule is C=N/C(=N\C=C(/C)C#N)N1C[C@@H](C)N(C(=O)NCCC2CCN(CC3CCCCC3)CC2)[C@@H](C)C1. The Balaban J connectivity index is 1.39. The van der Waals surface area contributed by atoms with Gasteiger partial charge in [0.05, 0.1) is 6.07 Å². The number of likely N-dealkylation sites (tertiary alicyclic amines) is 1. The van der Waals surface area contributed by atoms with Crippen LogP contribution in [0.4, 0.5) is 4.79 Å². The second-order valence-electron chi connectivity index (χ2n) is 10.8. The summed E-state index contributed by atoms with van der Waals surface area (Å²) in [6.45, 7) is 15.2. The molecule has 0 bridgehead atoms. The van der Waals surface area contributed by atoms with Crippen LogP contribution in [0.15, 0.2) is 21.8 Å². The van der Waals surface area contributed by atoms with Crippen LogP contribution >= 0.6 is 0 Å². The summed E-state index contributed by atoms with van der Waals surface area (Å²) in [6.07, 6.45) is 12.2. The minimum absolute atomic E-state index is 0.0182. The topological polar surface area (TPSA) is 87.3 Å². The van der Waals surface area contributed by atoms with Gasteiger partial charge in [-0.1, -0.05) is 19.3 Å². The van der Waals surface area contributed by atoms with E-state index in [1.807, 2.05) is 9.80 Å². The normalized spacial score (nSPS) is 25.9. The number of piperazine rings is 1. The zero-order chi connectivity index (χ0) is 25.2. The molecule has 1 N–H and O–H groups in total. The van der Waals surface area contributed by atoms with E-state index in [1.54, 1.807) is 6.92 Å². The molecule has 35 heavy (non-hydrogen) atoms. The quantitative estimate of drug-likeness (QED) is 0.347. The molecule has 3 aliphatic rings. The highest BCUT2D eigenvalue weighted by molar-refractivity contribution is 5.85. The Bertz CT molecular complexity index is 791. The number of aliphatic imine (C=N–C) groups is 2. The molecule has 8 heteroatoms. The molecule has 0 unspecified atom stereocenters. The summed E-state index contributed by atoms with van der Waals surface area (Å²) in [4.78, 5) is 28.0. The summed E-state index contributed by atoms with van der Waals surface area (Å²) in [5, 5.41) is 12.1. The van der Waals surface area contributed by atoms with Gasteiger partial charge in [-0.3, -0.25) is 0 Å². The summed E-state index contributed by atoms with van der Waals surface area (Å²) in [5.74, 6) is 2.13. The molecule has 194 valence electrons. The van der Waals surface area contributed by atoms with Gasteiger partial charge in [-0.15, -0.1) is 0 Å². The van der Waals surface area contributed by atoms with Gasteiger partial charge in [0.1, 0.15) is 0 Å². The molecule has 2 heterocycles. The van der Waals surface area contributed by atoms with Gasteiger partial charge in [-0.25, -0.2) is 14.8 Å². The molecule has 2 saturated heterocycles. The van der Waals surface area contributed by atoms with Crippen molar-refractivity contribution in [1.82, 2.24) is 20.0 Å². The fraction of sp³-hybridized carbons (Fsp3) is 0.778. The number of piperidine rings is 1. The number of hydrogen-bond acceptors (Lipinski definition) is 4. The Hall–Kier alpha value is -2.40. The summed E-state index contributed by atoms with van der Waals surface area (Å²) in [6, 6.07) is 2.12. The maximum absolute atomic E-state index is 13.0. The molecule has 8 nitrogen and oxygen atoms in total. The largest absolute Gasteiger partial charge is 0.338 e. The number of carbonyl (C=O) groups is 1. The summed E-state index contributed by atoms with van der Waals surface area (Å²) < 4.78 is 0. The van der Waals surface area contributed by atoms with E-state index < -0.39 is 0 Å². The van der Waals surface area contributed by atoms with Crippen LogP contribution in [0.5, 0.6) is 0 Å². The number of urea groups is 1. The number of rotatable bonds is 6. The Labute approximate surface area is 212 Å². The van der Waals surface area contributed by atoms with Crippen molar-refractivity contribution in [2.75, 3.05) is 39.3 Å². The predicted molar refractivity (Wildman–Crippen MR) is 142 cm³/mol. The number of hydrogen-bond donors (Lipinski definition) is 1. The standard InChI is InChI=1S/C27H45N7O/c1-21(16-28)17-31-26(29-4)33-18-22(2)34(23(3)19-33)27(35)30-13-10-24-11-14-32(15-12-24)20-25-8-6-5-7-9-25/h17,22-25H,4-15,18-20H2,1-3H3,(H,30,35)/b21-17+,31-26+/t22-,23+. The second kappa shape index (κ2) is 13.6. The molecule has 0 radical (unpaired) electrons. The fourth-order valence-electron chi connectivity index (χ4n) is 5.96. The molecule has 2 atom stereocenters. The van der Waals surface area contributed by atoms with Crippen molar-refractivity contribution in [1.29, 1.82) is 5.26 Å². The molecule has 3 rings (SSSR count). The molecule has 1 aliphatic carbocycles. The van der Waals surface area contributed by atoms with Gasteiger partial charge in [0, 0.05) is 50.0 Å². The first-order valence-electron chi connectivity index (χ1n) is 13.6. The van der Waals surface area contributed by atoms with Crippen LogP contribution in [0.1, 0.15) is 72.1 Å². The third kappa shape index (κ3) is 8.06. The zero-order valence-electron chi connectivity index (χ0n) is 22.1. The third-order valence-electron chi connectivity index (χ3n) is 7.90. The molecule has 0 aromatic carbocycles. The van der Waals surface area contributed by atoms with Crippen LogP contribution < -0.4 is 5.32 Å². The monoisotopic (exact) mass is 483 g/mol. The van der Waals surface area contributed by atoms with Crippen LogP contribution in [0, 0.1) is 23.2 Å². The molecular formula is C27H45N7O. The Morgan fingerprint density at radius 2 is 1.74 bits per heavy atom. The van der Waals surface area contributed by atoms with Gasteiger partial charge in [-0.05, 0) is 84.5 Å². The number of nitrogens with zero attached hydrogens (tertiary/aromatic N) is 6. The average molecular weight is 484 g/mol. The van der Waals surface area contributed by atoms with E-state index >= 15 is 0 Å². The second-order valence-corrected chi connectivity index (χ2v) is 10.8. The predicted octanol–water partition coefficient (Wildman–Crippen LogP) is 4.26. The number of nitrogens with one attached hydrogen (secondary N) is 1. The van der Waals surface area contributed by atoms with E-state index in [0.29, 0.717) is 30.5 Å². The molecule has 0 spiro atoms. The lowest BCUT2D eigenvalue weighted by molar-refractivity contribution is 0.0948. The van der Waals surface area contributed by atoms with E-state index in [9.17, 15) is 4.79 Å². The number of allylic oxidation sites excluding steroid dienone is 1. The van der Waals surface area contributed by atoms with E-state index in [0.717, 1.165) is 18.9 Å². The van der Waals surface area contributed by atoms with E-state index in [2.05, 4.69) is 46.8 Å². The van der Waals surface area contributed by atoms with Crippen LogP contribution in [0.3, 0.4) is 0 Å². The van der Waals surface area contributed by atoms with Gasteiger partial charge in [0.15, 0.2) is 0 Å².